The van der Waals surface area contributed by atoms with E-state index in [0.29, 0.717) is 16.7 Å². The van der Waals surface area contributed by atoms with Crippen LogP contribution in [0.25, 0.3) is 0 Å². The van der Waals surface area contributed by atoms with E-state index < -0.39 is 0 Å². The molecular weight excluding hydrogens is 340 g/mol. The summed E-state index contributed by atoms with van der Waals surface area (Å²) in [5.74, 6) is 5.60. The van der Waals surface area contributed by atoms with Crippen molar-refractivity contribution in [2.75, 3.05) is 0 Å². The lowest BCUT2D eigenvalue weighted by Gasteiger charge is -2.62. The molecule has 28 heavy (non-hydrogen) atoms. The molecule has 4 aliphatic carbocycles. The normalized spacial score (nSPS) is 49.4. The van der Waals surface area contributed by atoms with Gasteiger partial charge in [0, 0.05) is 0 Å². The third-order valence-corrected chi connectivity index (χ3v) is 10.8. The molecular formula is C27H48O. The second-order valence-corrected chi connectivity index (χ2v) is 12.6. The molecule has 0 saturated heterocycles. The van der Waals surface area contributed by atoms with Crippen LogP contribution in [0.4, 0.5) is 0 Å². The molecule has 4 fully saturated rings. The number of aliphatic hydroxyl groups excluding tert-OH is 1. The number of hydrogen-bond donors (Lipinski definition) is 1. The van der Waals surface area contributed by atoms with Crippen molar-refractivity contribution in [1.29, 1.82) is 0 Å². The Hall–Kier alpha value is -0.0400. The fraction of sp³-hybridized carbons (Fsp3) is 1.00. The first kappa shape index (κ1) is 21.2. The highest BCUT2D eigenvalue weighted by Gasteiger charge is 2.62. The van der Waals surface area contributed by atoms with Crippen LogP contribution in [0.1, 0.15) is 112 Å². The zero-order valence-corrected chi connectivity index (χ0v) is 19.6. The lowest BCUT2D eigenvalue weighted by Crippen LogP contribution is -2.57. The van der Waals surface area contributed by atoms with E-state index in [0.717, 1.165) is 41.9 Å². The molecule has 0 aromatic carbocycles. The summed E-state index contributed by atoms with van der Waals surface area (Å²) in [5.41, 5.74) is 1.03. The van der Waals surface area contributed by atoms with Gasteiger partial charge in [0.25, 0.3) is 0 Å². The van der Waals surface area contributed by atoms with Crippen LogP contribution >= 0.6 is 0 Å². The van der Waals surface area contributed by atoms with Crippen molar-refractivity contribution in [2.24, 2.45) is 52.3 Å². The average molecular weight is 389 g/mol. The number of hydrogen-bond acceptors (Lipinski definition) is 1. The summed E-state index contributed by atoms with van der Waals surface area (Å²) in [7, 11) is 0. The molecule has 0 spiro atoms. The van der Waals surface area contributed by atoms with Gasteiger partial charge in [-0.05, 0) is 97.2 Å². The highest BCUT2D eigenvalue weighted by molar-refractivity contribution is 5.11. The van der Waals surface area contributed by atoms with Gasteiger partial charge in [0.05, 0.1) is 6.10 Å². The van der Waals surface area contributed by atoms with Crippen LogP contribution in [0.2, 0.25) is 0 Å². The van der Waals surface area contributed by atoms with Crippen molar-refractivity contribution in [3.8, 4) is 0 Å². The summed E-state index contributed by atoms with van der Waals surface area (Å²) in [6, 6.07) is 0. The Kier molecular flexibility index (Phi) is 5.98. The fourth-order valence-electron chi connectivity index (χ4n) is 9.28. The van der Waals surface area contributed by atoms with Gasteiger partial charge in [-0.3, -0.25) is 0 Å². The van der Waals surface area contributed by atoms with Crippen LogP contribution in [0.5, 0.6) is 0 Å². The fourth-order valence-corrected chi connectivity index (χ4v) is 9.28. The molecule has 0 heterocycles. The van der Waals surface area contributed by atoms with Crippen LogP contribution < -0.4 is 0 Å². The Morgan fingerprint density at radius 3 is 2.36 bits per heavy atom. The maximum Gasteiger partial charge on any atom is 0.0577 e. The van der Waals surface area contributed by atoms with Crippen molar-refractivity contribution < 1.29 is 5.11 Å². The second kappa shape index (κ2) is 7.90. The van der Waals surface area contributed by atoms with E-state index >= 15 is 0 Å². The molecule has 0 aromatic heterocycles. The van der Waals surface area contributed by atoms with Crippen molar-refractivity contribution in [1.82, 2.24) is 0 Å². The van der Waals surface area contributed by atoms with Crippen molar-refractivity contribution in [2.45, 2.75) is 118 Å². The van der Waals surface area contributed by atoms with E-state index in [9.17, 15) is 5.11 Å². The van der Waals surface area contributed by atoms with Crippen LogP contribution in [-0.4, -0.2) is 11.2 Å². The average Bonchev–Trinajstić information content (AvgIpc) is 2.99. The molecule has 162 valence electrons. The van der Waals surface area contributed by atoms with Crippen LogP contribution in [0.15, 0.2) is 0 Å². The van der Waals surface area contributed by atoms with E-state index in [-0.39, 0.29) is 6.10 Å². The Labute approximate surface area is 175 Å². The van der Waals surface area contributed by atoms with Gasteiger partial charge in [0.1, 0.15) is 0 Å². The van der Waals surface area contributed by atoms with Gasteiger partial charge in [0.2, 0.25) is 0 Å². The van der Waals surface area contributed by atoms with Crippen LogP contribution in [-0.2, 0) is 0 Å². The van der Waals surface area contributed by atoms with E-state index in [1.165, 1.54) is 70.6 Å². The first-order valence-corrected chi connectivity index (χ1v) is 13.0. The van der Waals surface area contributed by atoms with Gasteiger partial charge in [0.15, 0.2) is 0 Å². The van der Waals surface area contributed by atoms with E-state index in [4.69, 9.17) is 0 Å². The monoisotopic (exact) mass is 388 g/mol. The number of aliphatic hydroxyl groups is 1. The summed E-state index contributed by atoms with van der Waals surface area (Å²) in [6.07, 6.45) is 16.6. The van der Waals surface area contributed by atoms with E-state index in [1.807, 2.05) is 0 Å². The minimum absolute atomic E-state index is 0.0132. The topological polar surface area (TPSA) is 20.2 Å². The van der Waals surface area contributed by atoms with Crippen LogP contribution in [0, 0.1) is 52.3 Å². The predicted octanol–water partition coefficient (Wildman–Crippen LogP) is 7.47. The zero-order chi connectivity index (χ0) is 20.1. The molecule has 4 rings (SSSR count). The summed E-state index contributed by atoms with van der Waals surface area (Å²) < 4.78 is 0. The minimum atomic E-state index is -0.0132. The molecule has 1 nitrogen and oxygen atoms in total. The maximum atomic E-state index is 11.3. The summed E-state index contributed by atoms with van der Waals surface area (Å²) in [4.78, 5) is 0. The Morgan fingerprint density at radius 1 is 0.857 bits per heavy atom. The van der Waals surface area contributed by atoms with Crippen molar-refractivity contribution >= 4 is 0 Å². The zero-order valence-electron chi connectivity index (χ0n) is 19.6. The van der Waals surface area contributed by atoms with Gasteiger partial charge in [-0.15, -0.1) is 0 Å². The predicted molar refractivity (Wildman–Crippen MR) is 119 cm³/mol. The van der Waals surface area contributed by atoms with E-state index in [2.05, 4.69) is 34.6 Å². The molecule has 4 aliphatic rings. The first-order chi connectivity index (χ1) is 13.3. The summed E-state index contributed by atoms with van der Waals surface area (Å²) in [6.45, 7) is 12.6. The molecule has 1 heteroatoms. The van der Waals surface area contributed by atoms with Crippen molar-refractivity contribution in [3.63, 3.8) is 0 Å². The molecule has 0 aliphatic heterocycles. The van der Waals surface area contributed by atoms with Gasteiger partial charge in [-0.25, -0.2) is 0 Å². The summed E-state index contributed by atoms with van der Waals surface area (Å²) in [5, 5.41) is 11.3. The Balaban J connectivity index is 1.50. The molecule has 9 atom stereocenters. The molecule has 1 N–H and O–H groups in total. The third-order valence-electron chi connectivity index (χ3n) is 10.8. The second-order valence-electron chi connectivity index (χ2n) is 12.6. The lowest BCUT2D eigenvalue weighted by molar-refractivity contribution is -0.164. The quantitative estimate of drug-likeness (QED) is 0.518. The molecule has 0 unspecified atom stereocenters. The van der Waals surface area contributed by atoms with Crippen LogP contribution in [0.3, 0.4) is 0 Å². The van der Waals surface area contributed by atoms with Gasteiger partial charge >= 0.3 is 0 Å². The molecule has 0 amide bonds. The standard InChI is InChI=1S/C27H48O/c1-18(2)9-8-10-19(3)21-12-13-22-25-23(14-16-27(21,22)5)26(4)15-7-6-11-20(26)17-24(25)28/h18-25,28H,6-17H2,1-5H3/t19-,20+,21+,22-,23-,24+,25-,26-,27+/m0/s1. The number of rotatable bonds is 5. The largest absolute Gasteiger partial charge is 0.393 e. The first-order valence-electron chi connectivity index (χ1n) is 13.0. The maximum absolute atomic E-state index is 11.3. The van der Waals surface area contributed by atoms with Gasteiger partial charge < -0.3 is 5.11 Å². The number of fused-ring (bicyclic) bond motifs is 5. The highest BCUT2D eigenvalue weighted by Crippen LogP contribution is 2.68. The Morgan fingerprint density at radius 2 is 1.61 bits per heavy atom. The highest BCUT2D eigenvalue weighted by atomic mass is 16.3. The minimum Gasteiger partial charge on any atom is -0.393 e. The third kappa shape index (κ3) is 3.40. The van der Waals surface area contributed by atoms with Gasteiger partial charge in [-0.1, -0.05) is 66.7 Å². The molecule has 0 radical (unpaired) electrons. The Bertz CT molecular complexity index is 540. The smallest absolute Gasteiger partial charge is 0.0577 e. The van der Waals surface area contributed by atoms with E-state index in [1.54, 1.807) is 0 Å². The molecule has 0 aromatic rings. The molecule has 0 bridgehead atoms. The SMILES string of the molecule is CC(C)CCC[C@H](C)[C@H]1CC[C@H]2[C@@H]3[C@H](O)C[C@H]4CCCC[C@]4(C)[C@H]3CC[C@]12C. The van der Waals surface area contributed by atoms with Crippen molar-refractivity contribution in [3.05, 3.63) is 0 Å². The summed E-state index contributed by atoms with van der Waals surface area (Å²) >= 11 is 0. The lowest BCUT2D eigenvalue weighted by atomic mass is 9.44. The van der Waals surface area contributed by atoms with Gasteiger partial charge in [-0.2, -0.15) is 0 Å². The molecule has 4 saturated carbocycles.